The van der Waals surface area contributed by atoms with E-state index in [0.29, 0.717) is 6.42 Å². The van der Waals surface area contributed by atoms with Gasteiger partial charge in [0, 0.05) is 23.3 Å². The number of nitrogens with zero attached hydrogens (tertiary/aromatic N) is 1. The van der Waals surface area contributed by atoms with Gasteiger partial charge in [-0.05, 0) is 18.6 Å². The third kappa shape index (κ3) is 5.85. The van der Waals surface area contributed by atoms with E-state index in [0.717, 1.165) is 12.1 Å². The van der Waals surface area contributed by atoms with Gasteiger partial charge in [0.15, 0.2) is 23.1 Å². The monoisotopic (exact) mass is 569 g/mol. The van der Waals surface area contributed by atoms with Crippen LogP contribution in [0.25, 0.3) is 0 Å². The molecule has 0 aromatic heterocycles. The molecule has 0 radical (unpaired) electrons. The van der Waals surface area contributed by atoms with Crippen molar-refractivity contribution in [2.45, 2.75) is 13.3 Å². The number of non-ortho nitro benzene ring substituents is 1. The first-order chi connectivity index (χ1) is 20.1. The molecule has 212 valence electrons. The highest BCUT2D eigenvalue weighted by atomic mass is 16.6. The molecule has 0 aliphatic rings. The van der Waals surface area contributed by atoms with Crippen molar-refractivity contribution in [1.29, 1.82) is 0 Å². The van der Waals surface area contributed by atoms with Gasteiger partial charge in [0.1, 0.15) is 0 Å². The van der Waals surface area contributed by atoms with Crippen LogP contribution in [0.3, 0.4) is 0 Å². The summed E-state index contributed by atoms with van der Waals surface area (Å²) in [5.41, 5.74) is -3.22. The number of nitro groups is 1. The Morgan fingerprint density at radius 2 is 1.29 bits per heavy atom. The van der Waals surface area contributed by atoms with Crippen LogP contribution in [-0.4, -0.2) is 45.2 Å². The molecule has 0 spiro atoms. The maximum Gasteiger partial charge on any atom is 0.343 e. The second kappa shape index (κ2) is 12.6. The van der Waals surface area contributed by atoms with E-state index < -0.39 is 68.1 Å². The Kier molecular flexibility index (Phi) is 8.72. The minimum Gasteiger partial charge on any atom is -0.504 e. The predicted molar refractivity (Wildman–Crippen MR) is 148 cm³/mol. The lowest BCUT2D eigenvalue weighted by atomic mass is 9.88. The Labute approximate surface area is 238 Å². The molecule has 4 aromatic rings. The van der Waals surface area contributed by atoms with Gasteiger partial charge in [0.2, 0.25) is 5.75 Å². The zero-order valence-electron chi connectivity index (χ0n) is 22.1. The topological polar surface area (TPSA) is 170 Å². The summed E-state index contributed by atoms with van der Waals surface area (Å²) in [4.78, 5) is 64.8. The summed E-state index contributed by atoms with van der Waals surface area (Å²) in [7, 11) is 0. The van der Waals surface area contributed by atoms with Crippen molar-refractivity contribution in [1.82, 2.24) is 0 Å². The lowest BCUT2D eigenvalue weighted by molar-refractivity contribution is -0.384. The number of hydrogen-bond acceptors (Lipinski definition) is 10. The number of phenols is 2. The summed E-state index contributed by atoms with van der Waals surface area (Å²) in [6, 6.07) is 19.3. The van der Waals surface area contributed by atoms with Gasteiger partial charge in [-0.2, -0.15) is 0 Å². The Bertz CT molecular complexity index is 1700. The fourth-order valence-corrected chi connectivity index (χ4v) is 4.07. The number of phenolic OH excluding ortho intramolecular Hbond substituents is 2. The molecule has 2 N–H and O–H groups in total. The van der Waals surface area contributed by atoms with Gasteiger partial charge in [-0.25, -0.2) is 9.59 Å². The number of ether oxygens (including phenoxy) is 2. The van der Waals surface area contributed by atoms with E-state index in [2.05, 4.69) is 0 Å². The fourth-order valence-electron chi connectivity index (χ4n) is 4.07. The van der Waals surface area contributed by atoms with E-state index >= 15 is 0 Å². The third-order valence-corrected chi connectivity index (χ3v) is 6.06. The molecule has 0 saturated heterocycles. The largest absolute Gasteiger partial charge is 0.504 e. The van der Waals surface area contributed by atoms with Gasteiger partial charge in [-0.15, -0.1) is 0 Å². The Morgan fingerprint density at radius 3 is 1.88 bits per heavy atom. The van der Waals surface area contributed by atoms with Crippen LogP contribution >= 0.6 is 0 Å². The average molecular weight is 570 g/mol. The summed E-state index contributed by atoms with van der Waals surface area (Å²) in [5, 5.41) is 33.6. The second-order valence-corrected chi connectivity index (χ2v) is 8.87. The number of carbonyl (C=O) groups is 4. The number of benzene rings is 4. The van der Waals surface area contributed by atoms with Crippen molar-refractivity contribution in [3.05, 3.63) is 128 Å². The van der Waals surface area contributed by atoms with Gasteiger partial charge < -0.3 is 19.7 Å². The number of hydrogen-bond donors (Lipinski definition) is 2. The highest BCUT2D eigenvalue weighted by Gasteiger charge is 2.37. The molecule has 0 aliphatic carbocycles. The van der Waals surface area contributed by atoms with Crippen molar-refractivity contribution in [2.75, 3.05) is 6.61 Å². The van der Waals surface area contributed by atoms with Crippen LogP contribution in [0.1, 0.15) is 65.9 Å². The molecule has 11 nitrogen and oxygen atoms in total. The summed E-state index contributed by atoms with van der Waals surface area (Å²) >= 11 is 0. The lowest BCUT2D eigenvalue weighted by Crippen LogP contribution is -2.22. The maximum absolute atomic E-state index is 14.0. The van der Waals surface area contributed by atoms with E-state index in [1.807, 2.05) is 0 Å². The minimum atomic E-state index is -1.24. The first-order valence-corrected chi connectivity index (χ1v) is 12.6. The highest BCUT2D eigenvalue weighted by molar-refractivity contribution is 6.24. The molecule has 0 aliphatic heterocycles. The summed E-state index contributed by atoms with van der Waals surface area (Å²) < 4.78 is 10.6. The average Bonchev–Trinajstić information content (AvgIpc) is 3.02. The van der Waals surface area contributed by atoms with Crippen molar-refractivity contribution in [3.63, 3.8) is 0 Å². The van der Waals surface area contributed by atoms with Crippen molar-refractivity contribution in [2.24, 2.45) is 0 Å². The zero-order chi connectivity index (χ0) is 30.4. The predicted octanol–water partition coefficient (Wildman–Crippen LogP) is 5.25. The van der Waals surface area contributed by atoms with E-state index in [4.69, 9.17) is 9.47 Å². The molecule has 42 heavy (non-hydrogen) atoms. The quantitative estimate of drug-likeness (QED) is 0.0641. The maximum atomic E-state index is 14.0. The fraction of sp³-hybridized carbons (Fsp3) is 0.0968. The molecule has 0 saturated carbocycles. The number of esters is 2. The van der Waals surface area contributed by atoms with E-state index in [-0.39, 0.29) is 23.3 Å². The molecular weight excluding hydrogens is 546 g/mol. The molecule has 0 fully saturated rings. The number of carbonyl (C=O) groups excluding carboxylic acids is 4. The van der Waals surface area contributed by atoms with E-state index in [1.54, 1.807) is 19.1 Å². The first kappa shape index (κ1) is 29.2. The van der Waals surface area contributed by atoms with Gasteiger partial charge in [-0.1, -0.05) is 67.6 Å². The summed E-state index contributed by atoms with van der Waals surface area (Å²) in [6.07, 6.45) is 0.349. The molecule has 4 aromatic carbocycles. The molecule has 4 rings (SSSR count). The molecule has 0 unspecified atom stereocenters. The van der Waals surface area contributed by atoms with E-state index in [9.17, 15) is 39.5 Å². The van der Waals surface area contributed by atoms with Gasteiger partial charge >= 0.3 is 11.9 Å². The van der Waals surface area contributed by atoms with Crippen LogP contribution in [-0.2, 0) is 4.74 Å². The standard InChI is InChI=1S/C31H23NO10/c1-2-16-41-31(38)22-23(25(33)18-10-5-3-6-11-18)27(35)28(36)29(42-30(37)19-12-7-4-8-13-19)24(22)26(34)20-14-9-15-21(17-20)32(39)40/h3-15,17,35-36H,2,16H2,1H3. The minimum absolute atomic E-state index is 0.00955. The van der Waals surface area contributed by atoms with Crippen LogP contribution in [0.15, 0.2) is 84.9 Å². The van der Waals surface area contributed by atoms with Crippen LogP contribution in [0.5, 0.6) is 17.2 Å². The summed E-state index contributed by atoms with van der Waals surface area (Å²) in [6.45, 7) is 1.54. The van der Waals surface area contributed by atoms with Gasteiger partial charge in [0.05, 0.1) is 33.8 Å². The van der Waals surface area contributed by atoms with E-state index in [1.165, 1.54) is 60.7 Å². The smallest absolute Gasteiger partial charge is 0.343 e. The number of rotatable bonds is 10. The van der Waals surface area contributed by atoms with Crippen molar-refractivity contribution < 1.29 is 43.8 Å². The molecule has 0 heterocycles. The van der Waals surface area contributed by atoms with Gasteiger partial charge in [-0.3, -0.25) is 19.7 Å². The molecule has 0 atom stereocenters. The van der Waals surface area contributed by atoms with Gasteiger partial charge in [0.25, 0.3) is 5.69 Å². The SMILES string of the molecule is CCCOC(=O)c1c(C(=O)c2ccccc2)c(O)c(O)c(OC(=O)c2ccccc2)c1C(=O)c1cccc([N+](=O)[O-])c1. The van der Waals surface area contributed by atoms with Crippen molar-refractivity contribution in [3.8, 4) is 17.2 Å². The Balaban J connectivity index is 2.07. The van der Waals surface area contributed by atoms with Crippen molar-refractivity contribution >= 4 is 29.2 Å². The number of aromatic hydroxyl groups is 2. The Hall–Kier alpha value is -5.84. The molecule has 0 amide bonds. The lowest BCUT2D eigenvalue weighted by Gasteiger charge is -2.20. The van der Waals surface area contributed by atoms with Crippen LogP contribution < -0.4 is 4.74 Å². The summed E-state index contributed by atoms with van der Waals surface area (Å²) in [5.74, 6) is -7.66. The molecular formula is C31H23NO10. The second-order valence-electron chi connectivity index (χ2n) is 8.87. The van der Waals surface area contributed by atoms with Crippen LogP contribution in [0.4, 0.5) is 5.69 Å². The molecule has 11 heteroatoms. The highest BCUT2D eigenvalue weighted by Crippen LogP contribution is 2.46. The Morgan fingerprint density at radius 1 is 0.714 bits per heavy atom. The van der Waals surface area contributed by atoms with Crippen LogP contribution in [0, 0.1) is 10.1 Å². The molecule has 0 bridgehead atoms. The normalized spacial score (nSPS) is 10.5. The zero-order valence-corrected chi connectivity index (χ0v) is 22.1. The number of nitro benzene ring substituents is 1. The third-order valence-electron chi connectivity index (χ3n) is 6.06. The van der Waals surface area contributed by atoms with Crippen LogP contribution in [0.2, 0.25) is 0 Å². The first-order valence-electron chi connectivity index (χ1n) is 12.6. The number of ketones is 2.